The molecule has 0 unspecified atom stereocenters. The second-order valence-corrected chi connectivity index (χ2v) is 8.14. The van der Waals surface area contributed by atoms with E-state index in [0.717, 1.165) is 5.56 Å². The number of hydrogen-bond acceptors (Lipinski definition) is 3. The maximum Gasteiger partial charge on any atom is 0.106 e. The predicted octanol–water partition coefficient (Wildman–Crippen LogP) is 5.08. The van der Waals surface area contributed by atoms with Gasteiger partial charge in [-0.15, -0.1) is 0 Å². The summed E-state index contributed by atoms with van der Waals surface area (Å²) in [6.07, 6.45) is 0.600. The van der Waals surface area contributed by atoms with Gasteiger partial charge in [0.2, 0.25) is 0 Å². The summed E-state index contributed by atoms with van der Waals surface area (Å²) >= 11 is 0. The van der Waals surface area contributed by atoms with E-state index >= 15 is 0 Å². The molecule has 0 amide bonds. The first kappa shape index (κ1) is 20.2. The molecular weight excluding hydrogens is 320 g/mol. The third-order valence-corrected chi connectivity index (χ3v) is 4.63. The minimum absolute atomic E-state index is 0.0318. The SMILES string of the molecule is CC(C)(C)[C@H](C[C@](C)(C#N)NCc1ccccc1)OCc1ccccc1. The molecule has 0 aliphatic carbocycles. The molecule has 2 atom stereocenters. The Labute approximate surface area is 158 Å². The van der Waals surface area contributed by atoms with Crippen molar-refractivity contribution in [2.24, 2.45) is 5.41 Å². The van der Waals surface area contributed by atoms with Crippen LogP contribution in [-0.4, -0.2) is 11.6 Å². The summed E-state index contributed by atoms with van der Waals surface area (Å²) in [5.41, 5.74) is 1.62. The minimum atomic E-state index is -0.648. The molecule has 0 saturated carbocycles. The van der Waals surface area contributed by atoms with Crippen LogP contribution in [0.2, 0.25) is 0 Å². The molecule has 2 aromatic rings. The fraction of sp³-hybridized carbons (Fsp3) is 0.435. The van der Waals surface area contributed by atoms with E-state index in [1.165, 1.54) is 5.56 Å². The Morgan fingerprint density at radius 1 is 0.923 bits per heavy atom. The van der Waals surface area contributed by atoms with Crippen LogP contribution in [0.1, 0.15) is 45.2 Å². The number of benzene rings is 2. The highest BCUT2D eigenvalue weighted by Crippen LogP contribution is 2.30. The van der Waals surface area contributed by atoms with Crippen LogP contribution in [0.3, 0.4) is 0 Å². The Balaban J connectivity index is 2.03. The molecule has 0 saturated heterocycles. The van der Waals surface area contributed by atoms with Crippen molar-refractivity contribution in [3.63, 3.8) is 0 Å². The lowest BCUT2D eigenvalue weighted by molar-refractivity contribution is -0.0425. The smallest absolute Gasteiger partial charge is 0.106 e. The van der Waals surface area contributed by atoms with Crippen molar-refractivity contribution in [3.8, 4) is 6.07 Å². The maximum absolute atomic E-state index is 9.80. The van der Waals surface area contributed by atoms with Gasteiger partial charge >= 0.3 is 0 Å². The van der Waals surface area contributed by atoms with Crippen molar-refractivity contribution in [1.29, 1.82) is 5.26 Å². The Kier molecular flexibility index (Phi) is 6.97. The van der Waals surface area contributed by atoms with Crippen molar-refractivity contribution >= 4 is 0 Å². The lowest BCUT2D eigenvalue weighted by atomic mass is 9.81. The van der Waals surface area contributed by atoms with Crippen LogP contribution in [0.25, 0.3) is 0 Å². The van der Waals surface area contributed by atoms with Crippen LogP contribution in [0.15, 0.2) is 60.7 Å². The standard InChI is InChI=1S/C23H30N2O/c1-22(2,3)21(26-17-20-13-9-6-10-14-20)15-23(4,18-24)25-16-19-11-7-5-8-12-19/h5-14,21,25H,15-17H2,1-4H3/t21-,23+/m0/s1. The zero-order chi connectivity index (χ0) is 19.0. The van der Waals surface area contributed by atoms with Crippen molar-refractivity contribution in [2.45, 2.75) is 58.9 Å². The van der Waals surface area contributed by atoms with Crippen LogP contribution in [0.4, 0.5) is 0 Å². The van der Waals surface area contributed by atoms with Gasteiger partial charge in [0.25, 0.3) is 0 Å². The predicted molar refractivity (Wildman–Crippen MR) is 106 cm³/mol. The van der Waals surface area contributed by atoms with Crippen molar-refractivity contribution < 1.29 is 4.74 Å². The van der Waals surface area contributed by atoms with E-state index in [9.17, 15) is 5.26 Å². The molecule has 2 rings (SSSR count). The molecular formula is C23H30N2O. The molecule has 3 heteroatoms. The summed E-state index contributed by atoms with van der Waals surface area (Å²) in [5, 5.41) is 13.2. The molecule has 0 spiro atoms. The van der Waals surface area contributed by atoms with E-state index in [1.807, 2.05) is 43.3 Å². The lowest BCUT2D eigenvalue weighted by Gasteiger charge is -2.36. The number of ether oxygens (including phenoxy) is 1. The van der Waals surface area contributed by atoms with E-state index < -0.39 is 5.54 Å². The van der Waals surface area contributed by atoms with Gasteiger partial charge in [-0.1, -0.05) is 81.4 Å². The van der Waals surface area contributed by atoms with E-state index in [4.69, 9.17) is 4.74 Å². The van der Waals surface area contributed by atoms with Crippen LogP contribution < -0.4 is 5.32 Å². The molecule has 0 fully saturated rings. The number of nitrogens with one attached hydrogen (secondary N) is 1. The first-order valence-electron chi connectivity index (χ1n) is 9.18. The van der Waals surface area contributed by atoms with Gasteiger partial charge in [-0.05, 0) is 23.5 Å². The quantitative estimate of drug-likeness (QED) is 0.722. The maximum atomic E-state index is 9.80. The monoisotopic (exact) mass is 350 g/mol. The van der Waals surface area contributed by atoms with Crippen molar-refractivity contribution in [1.82, 2.24) is 5.32 Å². The van der Waals surface area contributed by atoms with Gasteiger partial charge in [0.1, 0.15) is 5.54 Å². The van der Waals surface area contributed by atoms with Gasteiger partial charge in [-0.2, -0.15) is 5.26 Å². The van der Waals surface area contributed by atoms with E-state index in [2.05, 4.69) is 56.4 Å². The van der Waals surface area contributed by atoms with Gasteiger partial charge < -0.3 is 4.74 Å². The molecule has 0 bridgehead atoms. The summed E-state index contributed by atoms with van der Waals surface area (Å²) < 4.78 is 6.25. The Hall–Kier alpha value is -2.15. The Morgan fingerprint density at radius 2 is 1.46 bits per heavy atom. The fourth-order valence-corrected chi connectivity index (χ4v) is 2.81. The average Bonchev–Trinajstić information content (AvgIpc) is 2.64. The highest BCUT2D eigenvalue weighted by Gasteiger charge is 2.34. The number of hydrogen-bond donors (Lipinski definition) is 1. The fourth-order valence-electron chi connectivity index (χ4n) is 2.81. The van der Waals surface area contributed by atoms with E-state index in [-0.39, 0.29) is 11.5 Å². The highest BCUT2D eigenvalue weighted by molar-refractivity contribution is 5.16. The number of rotatable bonds is 8. The van der Waals surface area contributed by atoms with Crippen LogP contribution >= 0.6 is 0 Å². The number of nitrogens with zero attached hydrogens (tertiary/aromatic N) is 1. The zero-order valence-corrected chi connectivity index (χ0v) is 16.3. The van der Waals surface area contributed by atoms with Gasteiger partial charge in [-0.25, -0.2) is 0 Å². The Morgan fingerprint density at radius 3 is 1.96 bits per heavy atom. The van der Waals surface area contributed by atoms with Crippen LogP contribution in [0, 0.1) is 16.7 Å². The summed E-state index contributed by atoms with van der Waals surface area (Å²) in [4.78, 5) is 0. The third-order valence-electron chi connectivity index (χ3n) is 4.63. The first-order valence-corrected chi connectivity index (χ1v) is 9.18. The molecule has 26 heavy (non-hydrogen) atoms. The van der Waals surface area contributed by atoms with Gasteiger partial charge in [-0.3, -0.25) is 5.32 Å². The third kappa shape index (κ3) is 6.29. The van der Waals surface area contributed by atoms with Crippen LogP contribution in [-0.2, 0) is 17.9 Å². The largest absolute Gasteiger partial charge is 0.373 e. The van der Waals surface area contributed by atoms with Gasteiger partial charge in [0.05, 0.1) is 18.8 Å². The number of nitriles is 1. The van der Waals surface area contributed by atoms with E-state index in [0.29, 0.717) is 19.6 Å². The summed E-state index contributed by atoms with van der Waals surface area (Å²) in [6.45, 7) is 9.68. The molecule has 1 N–H and O–H groups in total. The summed E-state index contributed by atoms with van der Waals surface area (Å²) in [6, 6.07) is 22.8. The summed E-state index contributed by atoms with van der Waals surface area (Å²) in [5.74, 6) is 0. The molecule has 0 radical (unpaired) electrons. The summed E-state index contributed by atoms with van der Waals surface area (Å²) in [7, 11) is 0. The molecule has 0 aromatic heterocycles. The minimum Gasteiger partial charge on any atom is -0.373 e. The molecule has 138 valence electrons. The molecule has 0 aliphatic rings. The Bertz CT molecular complexity index is 700. The topological polar surface area (TPSA) is 45.0 Å². The van der Waals surface area contributed by atoms with Crippen LogP contribution in [0.5, 0.6) is 0 Å². The second-order valence-electron chi connectivity index (χ2n) is 8.14. The lowest BCUT2D eigenvalue weighted by Crippen LogP contribution is -2.46. The van der Waals surface area contributed by atoms with Crippen molar-refractivity contribution in [2.75, 3.05) is 0 Å². The zero-order valence-electron chi connectivity index (χ0n) is 16.3. The van der Waals surface area contributed by atoms with Crippen molar-refractivity contribution in [3.05, 3.63) is 71.8 Å². The van der Waals surface area contributed by atoms with Gasteiger partial charge in [0, 0.05) is 13.0 Å². The van der Waals surface area contributed by atoms with E-state index in [1.54, 1.807) is 0 Å². The first-order chi connectivity index (χ1) is 12.3. The van der Waals surface area contributed by atoms with Gasteiger partial charge in [0.15, 0.2) is 0 Å². The second kappa shape index (κ2) is 8.98. The highest BCUT2D eigenvalue weighted by atomic mass is 16.5. The molecule has 3 nitrogen and oxygen atoms in total. The average molecular weight is 351 g/mol. The molecule has 2 aromatic carbocycles. The normalized spacial score (nSPS) is 15.0. The molecule has 0 aliphatic heterocycles. The molecule has 0 heterocycles.